The molecule has 24 nitrogen and oxygen atoms in total. The van der Waals surface area contributed by atoms with E-state index in [1.54, 1.807) is 40.3 Å². The Kier molecular flexibility index (Phi) is 28.5. The van der Waals surface area contributed by atoms with Gasteiger partial charge in [0, 0.05) is 121 Å². The van der Waals surface area contributed by atoms with Crippen molar-refractivity contribution >= 4 is 47.2 Å². The molecule has 6 rings (SSSR count). The number of piperazine rings is 1. The van der Waals surface area contributed by atoms with Gasteiger partial charge in [-0.05, 0) is 108 Å². The van der Waals surface area contributed by atoms with E-state index in [1.165, 1.54) is 20.1 Å². The van der Waals surface area contributed by atoms with Crippen molar-refractivity contribution < 1.29 is 77.3 Å². The Morgan fingerprint density at radius 1 is 0.831 bits per heavy atom. The number of ether oxygens (including phenoxy) is 6. The highest BCUT2D eigenvalue weighted by atomic mass is 16.6. The predicted molar refractivity (Wildman–Crippen MR) is 330 cm³/mol. The first-order valence-corrected chi connectivity index (χ1v) is 31.9. The quantitative estimate of drug-likeness (QED) is 0.0620. The Hall–Kier alpha value is -5.83. The number of cyclic esters (lactones) is 1. The molecule has 496 valence electrons. The lowest BCUT2D eigenvalue weighted by atomic mass is 9.80. The third-order valence-corrected chi connectivity index (χ3v) is 18.2. The van der Waals surface area contributed by atoms with E-state index in [1.807, 2.05) is 44.2 Å². The fraction of sp³-hybridized carbons (Fsp3) is 0.708. The first-order chi connectivity index (χ1) is 42.4. The molecule has 24 heteroatoms. The van der Waals surface area contributed by atoms with Crippen LogP contribution in [0.25, 0.3) is 0 Å². The van der Waals surface area contributed by atoms with Crippen LogP contribution in [0.3, 0.4) is 0 Å². The van der Waals surface area contributed by atoms with Crippen LogP contribution in [-0.2, 0) is 63.7 Å². The van der Waals surface area contributed by atoms with Crippen molar-refractivity contribution in [2.45, 2.75) is 192 Å². The van der Waals surface area contributed by atoms with Crippen LogP contribution in [0.4, 0.5) is 10.7 Å². The lowest BCUT2D eigenvalue weighted by molar-refractivity contribution is -0.265. The molecule has 1 aliphatic carbocycles. The van der Waals surface area contributed by atoms with Gasteiger partial charge in [0.15, 0.2) is 5.78 Å². The van der Waals surface area contributed by atoms with Gasteiger partial charge < -0.3 is 74.8 Å². The van der Waals surface area contributed by atoms with Gasteiger partial charge in [-0.25, -0.2) is 19.6 Å². The van der Waals surface area contributed by atoms with Gasteiger partial charge >= 0.3 is 12.1 Å². The topological polar surface area (TPSA) is 321 Å². The average molecular weight is 1250 g/mol. The third kappa shape index (κ3) is 21.1. The molecule has 89 heavy (non-hydrogen) atoms. The molecule has 1 saturated carbocycles. The summed E-state index contributed by atoms with van der Waals surface area (Å²) in [6.07, 6.45) is 10.4. The molecule has 5 heterocycles. The number of allylic oxidation sites excluding steroid dienone is 6. The minimum Gasteiger partial charge on any atom is -0.459 e. The zero-order valence-corrected chi connectivity index (χ0v) is 53.7. The van der Waals surface area contributed by atoms with Crippen LogP contribution in [0.5, 0.6) is 0 Å². The number of aliphatic hydroxyl groups is 3. The fourth-order valence-corrected chi connectivity index (χ4v) is 12.4. The Morgan fingerprint density at radius 2 is 1.56 bits per heavy atom. The molecule has 5 aliphatic rings. The first-order valence-electron chi connectivity index (χ1n) is 31.9. The van der Waals surface area contributed by atoms with E-state index in [9.17, 15) is 48.9 Å². The van der Waals surface area contributed by atoms with Crippen molar-refractivity contribution in [1.29, 1.82) is 0 Å². The van der Waals surface area contributed by atoms with Crippen molar-refractivity contribution in [3.63, 3.8) is 0 Å². The summed E-state index contributed by atoms with van der Waals surface area (Å²) in [5, 5.41) is 40.0. The number of methoxy groups -OCH3 is 2. The van der Waals surface area contributed by atoms with Crippen LogP contribution in [0.15, 0.2) is 60.0 Å². The number of nitrogens with one attached hydrogen (secondary N) is 2. The molecule has 3 saturated heterocycles. The van der Waals surface area contributed by atoms with Gasteiger partial charge in [-0.2, -0.15) is 0 Å². The van der Waals surface area contributed by atoms with E-state index < -0.39 is 120 Å². The van der Waals surface area contributed by atoms with Gasteiger partial charge in [-0.3, -0.25) is 24.0 Å². The first kappa shape index (κ1) is 72.2. The summed E-state index contributed by atoms with van der Waals surface area (Å²) in [4.78, 5) is 111. The minimum absolute atomic E-state index is 0.00311. The molecule has 15 atom stereocenters. The molecule has 0 radical (unpaired) electrons. The van der Waals surface area contributed by atoms with Crippen LogP contribution < -0.4 is 21.3 Å². The summed E-state index contributed by atoms with van der Waals surface area (Å²) in [5.41, 5.74) is 8.77. The summed E-state index contributed by atoms with van der Waals surface area (Å²) in [5.74, 6) is -8.79. The molecule has 0 aromatic carbocycles. The van der Waals surface area contributed by atoms with E-state index in [2.05, 4.69) is 37.4 Å². The number of likely N-dealkylation sites (N-methyl/N-ethyl adjacent to an activating group) is 1. The Labute approximate surface area is 524 Å². The van der Waals surface area contributed by atoms with Crippen molar-refractivity contribution in [3.05, 3.63) is 65.6 Å². The highest BCUT2D eigenvalue weighted by molar-refractivity contribution is 6.39. The summed E-state index contributed by atoms with van der Waals surface area (Å²) in [7, 11) is 5.14. The van der Waals surface area contributed by atoms with Crippen LogP contribution in [0.2, 0.25) is 0 Å². The number of rotatable bonds is 15. The fourth-order valence-electron chi connectivity index (χ4n) is 12.4. The number of aromatic nitrogens is 2. The van der Waals surface area contributed by atoms with Gasteiger partial charge in [0.1, 0.15) is 36.2 Å². The second-order valence-corrected chi connectivity index (χ2v) is 25.2. The number of esters is 1. The van der Waals surface area contributed by atoms with Gasteiger partial charge in [0.2, 0.25) is 17.6 Å². The molecule has 7 N–H and O–H groups in total. The van der Waals surface area contributed by atoms with Crippen molar-refractivity contribution in [1.82, 2.24) is 30.4 Å². The number of hydrogen-bond acceptors (Lipinski definition) is 21. The summed E-state index contributed by atoms with van der Waals surface area (Å²) in [6, 6.07) is -2.24. The van der Waals surface area contributed by atoms with E-state index in [4.69, 9.17) is 34.2 Å². The van der Waals surface area contributed by atoms with E-state index in [0.717, 1.165) is 42.2 Å². The molecule has 2 bridgehead atoms. The van der Waals surface area contributed by atoms with E-state index in [-0.39, 0.29) is 81.8 Å². The lowest BCUT2D eigenvalue weighted by Crippen LogP contribution is -2.61. The van der Waals surface area contributed by atoms with E-state index >= 15 is 0 Å². The second kappa shape index (κ2) is 35.1. The van der Waals surface area contributed by atoms with Gasteiger partial charge in [0.05, 0.1) is 31.5 Å². The molecule has 1 aromatic rings. The molecule has 3 amide bonds. The summed E-state index contributed by atoms with van der Waals surface area (Å²) >= 11 is 0. The number of piperidine rings is 1. The number of carbonyl (C=O) groups is 7. The molecule has 0 unspecified atom stereocenters. The average Bonchev–Trinajstić information content (AvgIpc) is 1.39. The minimum atomic E-state index is -2.50. The normalized spacial score (nSPS) is 33.8. The van der Waals surface area contributed by atoms with Gasteiger partial charge in [0.25, 0.3) is 11.7 Å². The van der Waals surface area contributed by atoms with Gasteiger partial charge in [-0.1, -0.05) is 64.2 Å². The molecular formula is C65H100N8O16. The number of nitrogens with zero attached hydrogens (tertiary/aromatic N) is 5. The van der Waals surface area contributed by atoms with Crippen molar-refractivity contribution in [3.8, 4) is 0 Å². The number of alkyl carbamates (subject to hydrolysis) is 1. The smallest absolute Gasteiger partial charge is 0.407 e. The number of anilines is 1. The number of amides is 3. The number of fused-ring (bicyclic) bond motifs is 3. The molecule has 4 fully saturated rings. The Balaban J connectivity index is 1.08. The second-order valence-electron chi connectivity index (χ2n) is 25.2. The lowest BCUT2D eigenvalue weighted by Gasteiger charge is -2.42. The largest absolute Gasteiger partial charge is 0.459 e. The predicted octanol–water partition coefficient (Wildman–Crippen LogP) is 4.22. The zero-order chi connectivity index (χ0) is 65.0. The summed E-state index contributed by atoms with van der Waals surface area (Å²) < 4.78 is 35.5. The van der Waals surface area contributed by atoms with Crippen LogP contribution in [-0.4, -0.2) is 211 Å². The Bertz CT molecular complexity index is 2650. The zero-order valence-electron chi connectivity index (χ0n) is 53.7. The monoisotopic (exact) mass is 1250 g/mol. The highest BCUT2D eigenvalue weighted by Gasteiger charge is 2.53. The molecule has 4 aliphatic heterocycles. The maximum Gasteiger partial charge on any atom is 0.407 e. The van der Waals surface area contributed by atoms with Crippen LogP contribution >= 0.6 is 0 Å². The van der Waals surface area contributed by atoms with E-state index in [0.29, 0.717) is 57.3 Å². The number of Topliss-reactive ketones (excluding diaryl/α,β-unsaturated/α-hetero) is 3. The SMILES string of the molecule is CO[C@H]1C[C@@H]2CC[C@@H](C)[C@@](O)(O2)C(=O)C(=O)N2CCCC[C@H]2C(=O)O[C@H]([C@H](N)C[C@@H]2CC[C@@H](OC(=O)NCCOCCC(=O)NCc3cnc(N4CCN(C)CC4)nc3)[C@H](OC)C2)CC(=O)[C@H](C)/C=C(\C)[C@@H](O)[C@@H](O)C(=O)[C@H](C)C[C@H](C)/C=C/C=C/C=C/1C. The number of nitrogens with two attached hydrogens (primary N) is 1. The maximum atomic E-state index is 14.6. The third-order valence-electron chi connectivity index (χ3n) is 18.2. The standard InChI is InChI=1S/C65H100N8O16/c1-40-15-11-10-12-16-41(2)53(84-8)35-48-20-18-45(6)65(83,89-48)60(79)61(80)73-24-14-13-17-50(73)62(81)87-54(36-51(74)42(3)32-44(5)58(77)59(78)57(76)43(4)31-40)49(66)33-46-19-21-52(55(34-46)85-9)88-64(82)67-23-30-86-29-22-56(75)68-37-47-38-69-63(70-39-47)72-27-25-71(7)26-28-72/h10-12,15-16,32,38-40,42-43,45-46,48-50,52-55,58-59,77-78,83H,13-14,17-31,33-37,66H2,1-9H3,(H,67,82)(H,68,75)/b12-10+,15-11+,41-16+,44-32+/t40-,42-,43-,45-,46+,48+,49-,50+,52-,53+,54+,55-,58-,59+,65-/m1/s1. The molecule has 0 spiro atoms. The van der Waals surface area contributed by atoms with Crippen molar-refractivity contribution in [2.24, 2.45) is 35.3 Å². The summed E-state index contributed by atoms with van der Waals surface area (Å²) in [6.45, 7) is 14.5. The molecular weight excluding hydrogens is 1150 g/mol. The Morgan fingerprint density at radius 3 is 2.27 bits per heavy atom. The van der Waals surface area contributed by atoms with Crippen molar-refractivity contribution in [2.75, 3.05) is 78.6 Å². The number of hydrogen-bond donors (Lipinski definition) is 6. The van der Waals surface area contributed by atoms with Crippen LogP contribution in [0.1, 0.15) is 131 Å². The maximum absolute atomic E-state index is 14.6. The molecule has 1 aromatic heterocycles. The number of carbonyl (C=O) groups excluding carboxylic acids is 7. The number of ketones is 3. The van der Waals surface area contributed by atoms with Crippen LogP contribution in [0, 0.1) is 29.6 Å². The van der Waals surface area contributed by atoms with Gasteiger partial charge in [-0.15, -0.1) is 0 Å². The number of aliphatic hydroxyl groups excluding tert-OH is 2. The highest BCUT2D eigenvalue weighted by Crippen LogP contribution is 2.37.